The van der Waals surface area contributed by atoms with E-state index in [1.54, 1.807) is 6.07 Å². The maximum Gasteiger partial charge on any atom is 0.325 e. The Hall–Kier alpha value is -3.78. The van der Waals surface area contributed by atoms with Gasteiger partial charge in [-0.1, -0.05) is 48.0 Å². The quantitative estimate of drug-likeness (QED) is 0.508. The van der Waals surface area contributed by atoms with E-state index in [1.165, 1.54) is 22.2 Å². The summed E-state index contributed by atoms with van der Waals surface area (Å²) >= 11 is 1.38. The molecule has 2 N–H and O–H groups in total. The Labute approximate surface area is 182 Å². The van der Waals surface area contributed by atoms with Gasteiger partial charge in [-0.05, 0) is 31.0 Å². The molecule has 156 valence electrons. The number of nitrogens with zero attached hydrogens (tertiary/aromatic N) is 2. The first-order valence-electron chi connectivity index (χ1n) is 9.62. The second kappa shape index (κ2) is 8.53. The molecule has 4 aromatic rings. The summed E-state index contributed by atoms with van der Waals surface area (Å²) in [6.07, 6.45) is 1.33. The van der Waals surface area contributed by atoms with Crippen molar-refractivity contribution in [1.82, 2.24) is 14.9 Å². The van der Waals surface area contributed by atoms with Crippen molar-refractivity contribution in [3.63, 3.8) is 0 Å². The van der Waals surface area contributed by atoms with Crippen LogP contribution in [0.15, 0.2) is 65.0 Å². The minimum atomic E-state index is -0.653. The lowest BCUT2D eigenvalue weighted by atomic mass is 10.1. The highest BCUT2D eigenvalue weighted by Gasteiger charge is 2.16. The molecule has 2 aromatic carbocycles. The number of rotatable bonds is 4. The van der Waals surface area contributed by atoms with Gasteiger partial charge in [0.15, 0.2) is 0 Å². The predicted octanol–water partition coefficient (Wildman–Crippen LogP) is 4.09. The number of carbonyl (C=O) groups excluding carboxylic acids is 2. The minimum Gasteiger partial charge on any atom is -0.307 e. The van der Waals surface area contributed by atoms with Gasteiger partial charge < -0.3 is 5.32 Å². The number of benzene rings is 2. The number of carbonyl (C=O) groups is 2. The lowest BCUT2D eigenvalue weighted by molar-refractivity contribution is -0.120. The van der Waals surface area contributed by atoms with Gasteiger partial charge in [0, 0.05) is 16.6 Å². The minimum absolute atomic E-state index is 0.313. The molecule has 2 heterocycles. The summed E-state index contributed by atoms with van der Waals surface area (Å²) in [6.45, 7) is 3.52. The van der Waals surface area contributed by atoms with E-state index in [1.807, 2.05) is 61.7 Å². The Balaban J connectivity index is 1.52. The number of imide groups is 1. The van der Waals surface area contributed by atoms with Gasteiger partial charge in [-0.25, -0.2) is 9.78 Å². The Morgan fingerprint density at radius 1 is 1.10 bits per heavy atom. The normalized spacial score (nSPS) is 10.8. The molecule has 0 unspecified atom stereocenters. The third-order valence-electron chi connectivity index (χ3n) is 4.84. The maximum absolute atomic E-state index is 13.0. The monoisotopic (exact) mass is 432 g/mol. The van der Waals surface area contributed by atoms with Crippen LogP contribution in [0.25, 0.3) is 21.3 Å². The Bertz CT molecular complexity index is 1340. The maximum atomic E-state index is 13.0. The Morgan fingerprint density at radius 2 is 1.87 bits per heavy atom. The molecule has 7 nitrogen and oxygen atoms in total. The molecule has 0 bridgehead atoms. The molecule has 0 atom stereocenters. The molecule has 0 fully saturated rings. The van der Waals surface area contributed by atoms with E-state index in [0.29, 0.717) is 15.9 Å². The zero-order chi connectivity index (χ0) is 22.0. The highest BCUT2D eigenvalue weighted by Crippen LogP contribution is 2.30. The molecule has 0 radical (unpaired) electrons. The smallest absolute Gasteiger partial charge is 0.307 e. The van der Waals surface area contributed by atoms with Crippen LogP contribution in [0, 0.1) is 13.8 Å². The molecule has 0 saturated carbocycles. The summed E-state index contributed by atoms with van der Waals surface area (Å²) in [5, 5.41) is 7.26. The van der Waals surface area contributed by atoms with Crippen LogP contribution in [0.2, 0.25) is 0 Å². The van der Waals surface area contributed by atoms with Crippen molar-refractivity contribution < 1.29 is 9.59 Å². The van der Waals surface area contributed by atoms with Gasteiger partial charge in [0.05, 0.1) is 11.7 Å². The van der Waals surface area contributed by atoms with Crippen LogP contribution < -0.4 is 16.2 Å². The molecule has 31 heavy (non-hydrogen) atoms. The molecule has 3 amide bonds. The molecule has 4 rings (SSSR count). The summed E-state index contributed by atoms with van der Waals surface area (Å²) in [6, 6.07) is 14.5. The van der Waals surface area contributed by atoms with Gasteiger partial charge in [0.1, 0.15) is 11.4 Å². The van der Waals surface area contributed by atoms with Crippen LogP contribution in [0.1, 0.15) is 11.1 Å². The van der Waals surface area contributed by atoms with Gasteiger partial charge in [-0.3, -0.25) is 19.5 Å². The number of nitrogens with one attached hydrogen (secondary N) is 2. The second-order valence-corrected chi connectivity index (χ2v) is 8.05. The number of aryl methyl sites for hydroxylation is 2. The molecular formula is C23H20N4O3S. The summed E-state index contributed by atoms with van der Waals surface area (Å²) in [5.41, 5.74) is 3.93. The third-order valence-corrected chi connectivity index (χ3v) is 5.73. The second-order valence-electron chi connectivity index (χ2n) is 7.19. The van der Waals surface area contributed by atoms with E-state index in [-0.39, 0.29) is 12.1 Å². The van der Waals surface area contributed by atoms with E-state index in [2.05, 4.69) is 15.6 Å². The summed E-state index contributed by atoms with van der Waals surface area (Å²) in [4.78, 5) is 42.5. The van der Waals surface area contributed by atoms with Gasteiger partial charge >= 0.3 is 6.03 Å². The van der Waals surface area contributed by atoms with Gasteiger partial charge in [-0.2, -0.15) is 0 Å². The zero-order valence-electron chi connectivity index (χ0n) is 17.0. The van der Waals surface area contributed by atoms with Crippen molar-refractivity contribution in [3.8, 4) is 11.1 Å². The first-order valence-corrected chi connectivity index (χ1v) is 10.5. The van der Waals surface area contributed by atoms with E-state index in [0.717, 1.165) is 22.3 Å². The highest BCUT2D eigenvalue weighted by molar-refractivity contribution is 7.17. The summed E-state index contributed by atoms with van der Waals surface area (Å²) < 4.78 is 1.21. The van der Waals surface area contributed by atoms with Crippen LogP contribution in [-0.2, 0) is 11.3 Å². The van der Waals surface area contributed by atoms with E-state index in [9.17, 15) is 14.4 Å². The van der Waals surface area contributed by atoms with Gasteiger partial charge in [0.25, 0.3) is 5.56 Å². The molecule has 0 aliphatic rings. The number of aromatic nitrogens is 2. The van der Waals surface area contributed by atoms with Crippen molar-refractivity contribution in [2.75, 3.05) is 5.32 Å². The topological polar surface area (TPSA) is 93.1 Å². The molecule has 8 heteroatoms. The van der Waals surface area contributed by atoms with Gasteiger partial charge in [0.2, 0.25) is 5.91 Å². The fraction of sp³-hybridized carbons (Fsp3) is 0.130. The predicted molar refractivity (Wildman–Crippen MR) is 122 cm³/mol. The van der Waals surface area contributed by atoms with E-state index < -0.39 is 11.9 Å². The van der Waals surface area contributed by atoms with Crippen LogP contribution in [0.5, 0.6) is 0 Å². The number of hydrogen-bond donors (Lipinski definition) is 2. The lowest BCUT2D eigenvalue weighted by Gasteiger charge is -2.10. The largest absolute Gasteiger partial charge is 0.325 e. The SMILES string of the molecule is Cc1ccc(NC(=O)NC(=O)Cn2cnc3scc(-c4ccccc4)c3c2=O)c(C)c1. The van der Waals surface area contributed by atoms with Crippen molar-refractivity contribution in [2.45, 2.75) is 20.4 Å². The van der Waals surface area contributed by atoms with Crippen LogP contribution in [0.3, 0.4) is 0 Å². The first kappa shape index (κ1) is 20.5. The molecular weight excluding hydrogens is 412 g/mol. The number of amides is 3. The average molecular weight is 433 g/mol. The number of hydrogen-bond acceptors (Lipinski definition) is 5. The highest BCUT2D eigenvalue weighted by atomic mass is 32.1. The van der Waals surface area contributed by atoms with Crippen molar-refractivity contribution in [3.05, 3.63) is 81.7 Å². The van der Waals surface area contributed by atoms with Crippen molar-refractivity contribution in [2.24, 2.45) is 0 Å². The number of thiophene rings is 1. The molecule has 2 aromatic heterocycles. The van der Waals surface area contributed by atoms with E-state index >= 15 is 0 Å². The molecule has 0 aliphatic carbocycles. The Kier molecular flexibility index (Phi) is 5.64. The van der Waals surface area contributed by atoms with Crippen molar-refractivity contribution >= 4 is 39.2 Å². The standard InChI is InChI=1S/C23H20N4O3S/c1-14-8-9-18(15(2)10-14)25-23(30)26-19(28)11-27-13-24-21-20(22(27)29)17(12-31-21)16-6-4-3-5-7-16/h3-10,12-13H,11H2,1-2H3,(H2,25,26,28,30). The molecule has 0 spiro atoms. The summed E-state index contributed by atoms with van der Waals surface area (Å²) in [7, 11) is 0. The lowest BCUT2D eigenvalue weighted by Crippen LogP contribution is -2.38. The van der Waals surface area contributed by atoms with Gasteiger partial charge in [-0.15, -0.1) is 11.3 Å². The fourth-order valence-corrected chi connectivity index (χ4v) is 4.25. The Morgan fingerprint density at radius 3 is 2.61 bits per heavy atom. The zero-order valence-corrected chi connectivity index (χ0v) is 17.8. The van der Waals surface area contributed by atoms with Crippen LogP contribution in [0.4, 0.5) is 10.5 Å². The summed E-state index contributed by atoms with van der Waals surface area (Å²) in [5.74, 6) is -0.609. The average Bonchev–Trinajstić information content (AvgIpc) is 3.18. The molecule has 0 saturated heterocycles. The number of urea groups is 1. The molecule has 0 aliphatic heterocycles. The fourth-order valence-electron chi connectivity index (χ4n) is 3.34. The third kappa shape index (κ3) is 4.39. The first-order chi connectivity index (χ1) is 14.9. The number of fused-ring (bicyclic) bond motifs is 1. The van der Waals surface area contributed by atoms with Crippen molar-refractivity contribution in [1.29, 1.82) is 0 Å². The van der Waals surface area contributed by atoms with Crippen LogP contribution in [-0.4, -0.2) is 21.5 Å². The van der Waals surface area contributed by atoms with Crippen LogP contribution >= 0.6 is 11.3 Å². The number of anilines is 1. The van der Waals surface area contributed by atoms with E-state index in [4.69, 9.17) is 0 Å².